The third-order valence-electron chi connectivity index (χ3n) is 4.90. The first-order valence-electron chi connectivity index (χ1n) is 7.87. The normalized spacial score (nSPS) is 17.0. The molecule has 0 unspecified atom stereocenters. The van der Waals surface area contributed by atoms with Gasteiger partial charge in [-0.1, -0.05) is 36.4 Å². The molecule has 2 aromatic carbocycles. The smallest absolute Gasteiger partial charge is 0.219 e. The zero-order valence-corrected chi connectivity index (χ0v) is 13.2. The number of hydrogen-bond donors (Lipinski definition) is 2. The maximum absolute atomic E-state index is 11.6. The minimum absolute atomic E-state index is 0.0631. The van der Waals surface area contributed by atoms with Gasteiger partial charge in [-0.2, -0.15) is 0 Å². The summed E-state index contributed by atoms with van der Waals surface area (Å²) in [5, 5.41) is 20.8. The Morgan fingerprint density at radius 2 is 1.35 bits per heavy atom. The van der Waals surface area contributed by atoms with E-state index in [-0.39, 0.29) is 17.4 Å². The fourth-order valence-electron chi connectivity index (χ4n) is 3.64. The van der Waals surface area contributed by atoms with E-state index in [1.165, 1.54) is 0 Å². The van der Waals surface area contributed by atoms with Crippen molar-refractivity contribution in [1.29, 1.82) is 0 Å². The van der Waals surface area contributed by atoms with Gasteiger partial charge in [0.2, 0.25) is 5.91 Å². The zero-order chi connectivity index (χ0) is 16.4. The Morgan fingerprint density at radius 1 is 0.913 bits per heavy atom. The average Bonchev–Trinajstić information content (AvgIpc) is 2.56. The molecule has 0 saturated carbocycles. The molecule has 0 aromatic heterocycles. The lowest BCUT2D eigenvalue weighted by atomic mass is 9.67. The highest BCUT2D eigenvalue weighted by molar-refractivity contribution is 5.73. The standard InChI is InChI=1S/C19H21NO3/c1-14(21)20-12-10-19(11-13-20,15-6-2-4-8-17(15)22)16-7-3-5-9-18(16)23/h2-9,22-23H,10-13H2,1H3. The molecule has 1 fully saturated rings. The van der Waals surface area contributed by atoms with Crippen LogP contribution in [0.25, 0.3) is 0 Å². The van der Waals surface area contributed by atoms with E-state index in [1.807, 2.05) is 29.2 Å². The van der Waals surface area contributed by atoms with E-state index in [2.05, 4.69) is 0 Å². The quantitative estimate of drug-likeness (QED) is 0.896. The molecule has 0 spiro atoms. The minimum atomic E-state index is -0.483. The van der Waals surface area contributed by atoms with E-state index >= 15 is 0 Å². The summed E-state index contributed by atoms with van der Waals surface area (Å²) >= 11 is 0. The molecule has 1 aliphatic heterocycles. The lowest BCUT2D eigenvalue weighted by Gasteiger charge is -2.43. The largest absolute Gasteiger partial charge is 0.508 e. The molecule has 23 heavy (non-hydrogen) atoms. The van der Waals surface area contributed by atoms with Crippen LogP contribution in [0, 0.1) is 0 Å². The van der Waals surface area contributed by atoms with Crippen molar-refractivity contribution >= 4 is 5.91 Å². The van der Waals surface area contributed by atoms with Crippen molar-refractivity contribution in [2.45, 2.75) is 25.2 Å². The summed E-state index contributed by atoms with van der Waals surface area (Å²) in [6.07, 6.45) is 1.34. The molecule has 2 aromatic rings. The Kier molecular flexibility index (Phi) is 3.99. The Balaban J connectivity index is 2.11. The van der Waals surface area contributed by atoms with Crippen molar-refractivity contribution in [3.05, 3.63) is 59.7 Å². The Hall–Kier alpha value is -2.49. The second-order valence-electron chi connectivity index (χ2n) is 6.12. The summed E-state index contributed by atoms with van der Waals surface area (Å²) in [6, 6.07) is 14.5. The average molecular weight is 311 g/mol. The lowest BCUT2D eigenvalue weighted by Crippen LogP contribution is -2.45. The van der Waals surface area contributed by atoms with Crippen molar-refractivity contribution in [2.24, 2.45) is 0 Å². The molecule has 0 atom stereocenters. The van der Waals surface area contributed by atoms with E-state index < -0.39 is 5.41 Å². The van der Waals surface area contributed by atoms with E-state index in [9.17, 15) is 15.0 Å². The van der Waals surface area contributed by atoms with Crippen LogP contribution in [0.4, 0.5) is 0 Å². The van der Waals surface area contributed by atoms with Crippen molar-refractivity contribution in [2.75, 3.05) is 13.1 Å². The van der Waals surface area contributed by atoms with Gasteiger partial charge in [-0.05, 0) is 25.0 Å². The molecule has 120 valence electrons. The summed E-state index contributed by atoms with van der Waals surface area (Å²) < 4.78 is 0. The number of likely N-dealkylation sites (tertiary alicyclic amines) is 1. The fraction of sp³-hybridized carbons (Fsp3) is 0.316. The van der Waals surface area contributed by atoms with Gasteiger partial charge in [0.15, 0.2) is 0 Å². The van der Waals surface area contributed by atoms with Crippen LogP contribution in [0.1, 0.15) is 30.9 Å². The molecule has 4 nitrogen and oxygen atoms in total. The third kappa shape index (κ3) is 2.65. The highest BCUT2D eigenvalue weighted by Crippen LogP contribution is 2.47. The number of phenolic OH excluding ortho intramolecular Hbond substituents is 2. The monoisotopic (exact) mass is 311 g/mol. The second-order valence-corrected chi connectivity index (χ2v) is 6.12. The Labute approximate surface area is 136 Å². The molecule has 0 radical (unpaired) electrons. The molecule has 1 aliphatic rings. The van der Waals surface area contributed by atoms with Crippen LogP contribution in [-0.4, -0.2) is 34.1 Å². The van der Waals surface area contributed by atoms with Crippen molar-refractivity contribution in [3.8, 4) is 11.5 Å². The third-order valence-corrected chi connectivity index (χ3v) is 4.90. The van der Waals surface area contributed by atoms with Gasteiger partial charge in [0.05, 0.1) is 0 Å². The van der Waals surface area contributed by atoms with E-state index in [0.29, 0.717) is 25.9 Å². The highest BCUT2D eigenvalue weighted by Gasteiger charge is 2.41. The van der Waals surface area contributed by atoms with Crippen LogP contribution < -0.4 is 0 Å². The molecule has 1 amide bonds. The molecule has 0 bridgehead atoms. The summed E-state index contributed by atoms with van der Waals surface area (Å²) in [6.45, 7) is 2.79. The van der Waals surface area contributed by atoms with Crippen LogP contribution in [-0.2, 0) is 10.2 Å². The summed E-state index contributed by atoms with van der Waals surface area (Å²) in [5.41, 5.74) is 1.14. The first kappa shape index (κ1) is 15.4. The van der Waals surface area contributed by atoms with Crippen molar-refractivity contribution in [1.82, 2.24) is 4.90 Å². The van der Waals surface area contributed by atoms with Crippen LogP contribution in [0.15, 0.2) is 48.5 Å². The van der Waals surface area contributed by atoms with Crippen LogP contribution in [0.5, 0.6) is 11.5 Å². The van der Waals surface area contributed by atoms with E-state index in [0.717, 1.165) is 11.1 Å². The molecule has 2 N–H and O–H groups in total. The zero-order valence-electron chi connectivity index (χ0n) is 13.2. The van der Waals surface area contributed by atoms with Crippen molar-refractivity contribution < 1.29 is 15.0 Å². The van der Waals surface area contributed by atoms with Gasteiger partial charge in [-0.25, -0.2) is 0 Å². The molecular formula is C19H21NO3. The van der Waals surface area contributed by atoms with Crippen molar-refractivity contribution in [3.63, 3.8) is 0 Å². The number of nitrogens with zero attached hydrogens (tertiary/aromatic N) is 1. The molecule has 1 heterocycles. The van der Waals surface area contributed by atoms with Gasteiger partial charge >= 0.3 is 0 Å². The van der Waals surface area contributed by atoms with Gasteiger partial charge in [-0.3, -0.25) is 4.79 Å². The number of rotatable bonds is 2. The summed E-state index contributed by atoms with van der Waals surface area (Å²) in [7, 11) is 0. The van der Waals surface area contributed by atoms with Crippen LogP contribution >= 0.6 is 0 Å². The number of benzene rings is 2. The topological polar surface area (TPSA) is 60.8 Å². The summed E-state index contributed by atoms with van der Waals surface area (Å²) in [5.74, 6) is 0.521. The molecular weight excluding hydrogens is 290 g/mol. The maximum Gasteiger partial charge on any atom is 0.219 e. The Bertz CT molecular complexity index is 671. The fourth-order valence-corrected chi connectivity index (χ4v) is 3.64. The maximum atomic E-state index is 11.6. The minimum Gasteiger partial charge on any atom is -0.508 e. The highest BCUT2D eigenvalue weighted by atomic mass is 16.3. The van der Waals surface area contributed by atoms with Gasteiger partial charge in [0.1, 0.15) is 11.5 Å². The van der Waals surface area contributed by atoms with Crippen LogP contribution in [0.2, 0.25) is 0 Å². The van der Waals surface area contributed by atoms with E-state index in [1.54, 1.807) is 31.2 Å². The number of para-hydroxylation sites is 2. The number of amides is 1. The van der Waals surface area contributed by atoms with E-state index in [4.69, 9.17) is 0 Å². The van der Waals surface area contributed by atoms with Gasteiger partial charge in [0, 0.05) is 36.6 Å². The number of carbonyl (C=O) groups is 1. The molecule has 1 saturated heterocycles. The van der Waals surface area contributed by atoms with Gasteiger partial charge in [0.25, 0.3) is 0 Å². The number of piperidine rings is 1. The predicted octanol–water partition coefficient (Wildman–Crippen LogP) is 3.03. The first-order chi connectivity index (χ1) is 11.0. The molecule has 0 aliphatic carbocycles. The van der Waals surface area contributed by atoms with Crippen LogP contribution in [0.3, 0.4) is 0 Å². The second kappa shape index (κ2) is 5.95. The molecule has 4 heteroatoms. The predicted molar refractivity (Wildman–Crippen MR) is 88.5 cm³/mol. The SMILES string of the molecule is CC(=O)N1CCC(c2ccccc2O)(c2ccccc2O)CC1. The summed E-state index contributed by atoms with van der Waals surface area (Å²) in [4.78, 5) is 13.5. The Morgan fingerprint density at radius 3 is 1.74 bits per heavy atom. The lowest BCUT2D eigenvalue weighted by molar-refractivity contribution is -0.130. The molecule has 3 rings (SSSR count). The number of phenols is 2. The number of aromatic hydroxyl groups is 2. The first-order valence-corrected chi connectivity index (χ1v) is 7.87. The number of hydrogen-bond acceptors (Lipinski definition) is 3. The number of carbonyl (C=O) groups excluding carboxylic acids is 1. The van der Waals surface area contributed by atoms with Gasteiger partial charge in [-0.15, -0.1) is 0 Å². The van der Waals surface area contributed by atoms with Gasteiger partial charge < -0.3 is 15.1 Å².